The smallest absolute Gasteiger partial charge is 0.414 e. The van der Waals surface area contributed by atoms with Crippen molar-refractivity contribution in [3.05, 3.63) is 32.6 Å². The minimum atomic E-state index is -5.17. The Hall–Kier alpha value is -2.44. The molecule has 1 aromatic rings. The van der Waals surface area contributed by atoms with Gasteiger partial charge in [0.2, 0.25) is 0 Å². The van der Waals surface area contributed by atoms with E-state index in [9.17, 15) is 32.7 Å². The molecule has 34 heavy (non-hydrogen) atoms. The molecule has 0 bridgehead atoms. The van der Waals surface area contributed by atoms with Gasteiger partial charge in [0.1, 0.15) is 18.4 Å². The first kappa shape index (κ1) is 27.8. The Morgan fingerprint density at radius 2 is 2.03 bits per heavy atom. The van der Waals surface area contributed by atoms with E-state index < -0.39 is 56.1 Å². The Balaban J connectivity index is 2.21. The molecule has 10 nitrogen and oxygen atoms in total. The molecule has 1 unspecified atom stereocenters. The van der Waals surface area contributed by atoms with Crippen LogP contribution >= 0.6 is 0 Å². The largest absolute Gasteiger partial charge is 0.472 e. The third-order valence-corrected chi connectivity index (χ3v) is 10.5. The van der Waals surface area contributed by atoms with E-state index in [2.05, 4.69) is 20.8 Å². The van der Waals surface area contributed by atoms with Crippen molar-refractivity contribution in [3.63, 3.8) is 0 Å². The Labute approximate surface area is 194 Å². The number of ether oxygens (including phenoxy) is 1. The van der Waals surface area contributed by atoms with E-state index in [1.165, 1.54) is 5.43 Å². The highest BCUT2D eigenvalue weighted by Gasteiger charge is 2.42. The predicted molar refractivity (Wildman–Crippen MR) is 118 cm³/mol. The SMILES string of the molecule is C#CC(NNC(=O)C(F)(F)F)c1cn([C@H]2C[C@H](O)[C@@H](CO[Si](C)(C)C(C)(C)C)O2)c(=O)[nH]c1=O. The van der Waals surface area contributed by atoms with E-state index in [1.54, 1.807) is 0 Å². The number of amides is 1. The van der Waals surface area contributed by atoms with Crippen molar-refractivity contribution in [1.82, 2.24) is 20.4 Å². The van der Waals surface area contributed by atoms with Crippen LogP contribution in [0.1, 0.15) is 45.0 Å². The second kappa shape index (κ2) is 10.0. The maximum atomic E-state index is 12.4. The summed E-state index contributed by atoms with van der Waals surface area (Å²) in [6, 6.07) is -1.49. The summed E-state index contributed by atoms with van der Waals surface area (Å²) < 4.78 is 50.1. The van der Waals surface area contributed by atoms with Crippen LogP contribution in [0.2, 0.25) is 18.1 Å². The van der Waals surface area contributed by atoms with Gasteiger partial charge in [-0.15, -0.1) is 6.42 Å². The van der Waals surface area contributed by atoms with Crippen LogP contribution in [0.4, 0.5) is 13.2 Å². The summed E-state index contributed by atoms with van der Waals surface area (Å²) in [5.74, 6) is -0.278. The number of carbonyl (C=O) groups excluding carboxylic acids is 1. The molecule has 1 aromatic heterocycles. The summed E-state index contributed by atoms with van der Waals surface area (Å²) in [4.78, 5) is 37.7. The molecule has 0 aromatic carbocycles. The van der Waals surface area contributed by atoms with Gasteiger partial charge in [0.05, 0.1) is 18.3 Å². The van der Waals surface area contributed by atoms with Gasteiger partial charge >= 0.3 is 17.8 Å². The molecule has 14 heteroatoms. The standard InChI is InChI=1S/C20H29F3N4O6Si/c1-7-12(25-26-17(30)20(21,22)23)11-9-27(18(31)24-16(11)29)15-8-13(28)14(33-15)10-32-34(5,6)19(2,3)4/h1,9,12-15,25,28H,8,10H2,2-6H3,(H,26,30)(H,24,29,31)/t12?,13-,14+,15+/m0/s1. The Morgan fingerprint density at radius 1 is 1.41 bits per heavy atom. The molecule has 0 radical (unpaired) electrons. The lowest BCUT2D eigenvalue weighted by Crippen LogP contribution is -2.47. The number of carbonyl (C=O) groups is 1. The van der Waals surface area contributed by atoms with Gasteiger partial charge in [-0.25, -0.2) is 10.2 Å². The van der Waals surface area contributed by atoms with Crippen molar-refractivity contribution < 1.29 is 32.2 Å². The molecule has 0 aliphatic carbocycles. The molecule has 1 fully saturated rings. The summed E-state index contributed by atoms with van der Waals surface area (Å²) in [6.45, 7) is 10.3. The quantitative estimate of drug-likeness (QED) is 0.247. The first-order valence-corrected chi connectivity index (χ1v) is 13.3. The van der Waals surface area contributed by atoms with Crippen LogP contribution in [-0.4, -0.2) is 53.9 Å². The number of aliphatic hydroxyl groups is 1. The molecule has 2 rings (SSSR count). The molecular weight excluding hydrogens is 477 g/mol. The average molecular weight is 507 g/mol. The van der Waals surface area contributed by atoms with Gasteiger partial charge in [0.25, 0.3) is 5.56 Å². The summed E-state index contributed by atoms with van der Waals surface area (Å²) in [6.07, 6.45) is -1.56. The van der Waals surface area contributed by atoms with Gasteiger partial charge < -0.3 is 14.3 Å². The van der Waals surface area contributed by atoms with Crippen LogP contribution in [0, 0.1) is 12.3 Å². The van der Waals surface area contributed by atoms with Crippen LogP contribution in [0.3, 0.4) is 0 Å². The second-order valence-corrected chi connectivity index (χ2v) is 14.3. The normalized spacial score (nSPS) is 22.3. The van der Waals surface area contributed by atoms with Crippen molar-refractivity contribution in [3.8, 4) is 12.3 Å². The zero-order valence-electron chi connectivity index (χ0n) is 19.4. The van der Waals surface area contributed by atoms with Crippen molar-refractivity contribution >= 4 is 14.2 Å². The number of alkyl halides is 3. The molecule has 2 heterocycles. The number of hydrazine groups is 1. The number of terminal acetylenes is 1. The van der Waals surface area contributed by atoms with E-state index in [4.69, 9.17) is 15.6 Å². The zero-order valence-corrected chi connectivity index (χ0v) is 20.4. The molecule has 4 N–H and O–H groups in total. The number of aromatic amines is 1. The monoisotopic (exact) mass is 506 g/mol. The lowest BCUT2D eigenvalue weighted by Gasteiger charge is -2.37. The van der Waals surface area contributed by atoms with Crippen molar-refractivity contribution in [2.24, 2.45) is 0 Å². The van der Waals surface area contributed by atoms with E-state index in [0.717, 1.165) is 10.8 Å². The number of halogens is 3. The fourth-order valence-corrected chi connectivity index (χ4v) is 3.90. The van der Waals surface area contributed by atoms with Crippen LogP contribution in [0.5, 0.6) is 0 Å². The fourth-order valence-electron chi connectivity index (χ4n) is 2.88. The Bertz CT molecular complexity index is 1060. The van der Waals surface area contributed by atoms with Crippen LogP contribution in [0.25, 0.3) is 0 Å². The number of hydrogen-bond donors (Lipinski definition) is 4. The van der Waals surface area contributed by atoms with Crippen molar-refractivity contribution in [2.75, 3.05) is 6.61 Å². The van der Waals surface area contributed by atoms with E-state index >= 15 is 0 Å². The van der Waals surface area contributed by atoms with Gasteiger partial charge in [-0.2, -0.15) is 13.2 Å². The number of rotatable bonds is 7. The molecule has 1 aliphatic rings. The van der Waals surface area contributed by atoms with E-state index in [-0.39, 0.29) is 23.6 Å². The molecule has 190 valence electrons. The summed E-state index contributed by atoms with van der Waals surface area (Å²) in [7, 11) is -2.13. The van der Waals surface area contributed by atoms with Gasteiger partial charge in [-0.3, -0.25) is 24.6 Å². The number of nitrogens with zero attached hydrogens (tertiary/aromatic N) is 1. The van der Waals surface area contributed by atoms with Crippen LogP contribution in [0.15, 0.2) is 15.8 Å². The second-order valence-electron chi connectivity index (χ2n) is 9.45. The highest BCUT2D eigenvalue weighted by molar-refractivity contribution is 6.74. The van der Waals surface area contributed by atoms with Gasteiger partial charge in [-0.1, -0.05) is 26.7 Å². The van der Waals surface area contributed by atoms with Crippen molar-refractivity contribution in [1.29, 1.82) is 0 Å². The van der Waals surface area contributed by atoms with E-state index in [0.29, 0.717) is 0 Å². The predicted octanol–water partition coefficient (Wildman–Crippen LogP) is 1.06. The molecule has 0 spiro atoms. The van der Waals surface area contributed by atoms with Crippen LogP contribution in [-0.2, 0) is 14.0 Å². The Kier molecular flexibility index (Phi) is 8.21. The molecule has 1 aliphatic heterocycles. The number of H-pyrrole nitrogens is 1. The summed E-state index contributed by atoms with van der Waals surface area (Å²) in [5, 5.41) is 10.4. The first-order valence-electron chi connectivity index (χ1n) is 10.4. The minimum Gasteiger partial charge on any atom is -0.414 e. The summed E-state index contributed by atoms with van der Waals surface area (Å²) >= 11 is 0. The number of aliphatic hydroxyl groups excluding tert-OH is 1. The van der Waals surface area contributed by atoms with Gasteiger partial charge in [-0.05, 0) is 18.1 Å². The topological polar surface area (TPSA) is 135 Å². The number of nitrogens with one attached hydrogen (secondary N) is 3. The highest BCUT2D eigenvalue weighted by atomic mass is 28.4. The molecule has 1 saturated heterocycles. The van der Waals surface area contributed by atoms with Crippen molar-refractivity contribution in [2.45, 2.75) is 76.0 Å². The fraction of sp³-hybridized carbons (Fsp3) is 0.650. The first-order chi connectivity index (χ1) is 15.5. The number of hydrogen-bond acceptors (Lipinski definition) is 7. The van der Waals surface area contributed by atoms with E-state index in [1.807, 2.05) is 29.4 Å². The van der Waals surface area contributed by atoms with Gasteiger partial charge in [0.15, 0.2) is 8.32 Å². The van der Waals surface area contributed by atoms with Crippen LogP contribution < -0.4 is 22.1 Å². The molecular formula is C20H29F3N4O6Si. The molecule has 0 saturated carbocycles. The Morgan fingerprint density at radius 3 is 2.56 bits per heavy atom. The highest BCUT2D eigenvalue weighted by Crippen LogP contribution is 2.37. The average Bonchev–Trinajstić information content (AvgIpc) is 3.06. The molecule has 4 atom stereocenters. The third kappa shape index (κ3) is 6.36. The zero-order chi connectivity index (χ0) is 26.1. The maximum absolute atomic E-state index is 12.4. The maximum Gasteiger partial charge on any atom is 0.472 e. The summed E-state index contributed by atoms with van der Waals surface area (Å²) in [5.41, 5.74) is 1.17. The lowest BCUT2D eigenvalue weighted by molar-refractivity contribution is -0.174. The minimum absolute atomic E-state index is 0.00409. The van der Waals surface area contributed by atoms with Gasteiger partial charge in [0, 0.05) is 12.6 Å². The lowest BCUT2D eigenvalue weighted by atomic mass is 10.1. The molecule has 1 amide bonds. The third-order valence-electron chi connectivity index (χ3n) is 5.99. The number of aromatic nitrogens is 2.